The Morgan fingerprint density at radius 3 is 3.08 bits per heavy atom. The Hall–Kier alpha value is -1.38. The molecule has 2 nitrogen and oxygen atoms in total. The Balaban J connectivity index is 2.51. The van der Waals surface area contributed by atoms with E-state index < -0.39 is 5.82 Å². The summed E-state index contributed by atoms with van der Waals surface area (Å²) in [5, 5.41) is 0. The fourth-order valence-electron chi connectivity index (χ4n) is 1.54. The number of carbonyl (C=O) groups excluding carboxylic acids is 1. The van der Waals surface area contributed by atoms with E-state index in [0.29, 0.717) is 18.5 Å². The first kappa shape index (κ1) is 8.23. The highest BCUT2D eigenvalue weighted by Gasteiger charge is 2.20. The molecule has 2 rings (SSSR count). The summed E-state index contributed by atoms with van der Waals surface area (Å²) < 4.78 is 12.8. The molecule has 0 spiro atoms. The molecule has 0 aromatic heterocycles. The maximum atomic E-state index is 12.8. The van der Waals surface area contributed by atoms with Gasteiger partial charge in [-0.25, -0.2) is 4.39 Å². The lowest BCUT2D eigenvalue weighted by atomic mass is 10.0. The summed E-state index contributed by atoms with van der Waals surface area (Å²) in [6.45, 7) is 0. The normalized spacial score (nSPS) is 15.8. The van der Waals surface area contributed by atoms with Crippen LogP contribution in [0.2, 0.25) is 0 Å². The molecule has 1 amide bonds. The van der Waals surface area contributed by atoms with E-state index >= 15 is 0 Å². The number of hydrogen-bond acceptors (Lipinski definition) is 1. The molecule has 1 heterocycles. The molecule has 0 atom stereocenters. The number of carbonyl (C=O) groups is 1. The molecule has 0 aliphatic carbocycles. The van der Waals surface area contributed by atoms with Gasteiger partial charge in [0.05, 0.1) is 0 Å². The number of halogens is 1. The van der Waals surface area contributed by atoms with Gasteiger partial charge in [-0.2, -0.15) is 0 Å². The Bertz CT molecular complexity index is 362. The molecule has 0 N–H and O–H groups in total. The molecule has 0 saturated carbocycles. The van der Waals surface area contributed by atoms with Crippen LogP contribution < -0.4 is 4.90 Å². The number of hydrogen-bond donors (Lipinski definition) is 0. The highest BCUT2D eigenvalue weighted by Crippen LogP contribution is 2.26. The molecule has 1 aromatic rings. The zero-order valence-corrected chi connectivity index (χ0v) is 7.30. The predicted molar refractivity (Wildman–Crippen MR) is 47.0 cm³/mol. The van der Waals surface area contributed by atoms with Crippen molar-refractivity contribution in [3.8, 4) is 0 Å². The number of nitrogens with zero attached hydrogens (tertiary/aromatic N) is 1. The third kappa shape index (κ3) is 1.30. The second kappa shape index (κ2) is 2.83. The quantitative estimate of drug-likeness (QED) is 0.590. The largest absolute Gasteiger partial charge is 0.315 e. The lowest BCUT2D eigenvalue weighted by Crippen LogP contribution is -2.31. The van der Waals surface area contributed by atoms with Crippen LogP contribution in [0.15, 0.2) is 12.1 Å². The van der Waals surface area contributed by atoms with Gasteiger partial charge in [0, 0.05) is 25.2 Å². The zero-order valence-electron chi connectivity index (χ0n) is 7.30. The van der Waals surface area contributed by atoms with Crippen LogP contribution in [-0.2, 0) is 11.2 Å². The van der Waals surface area contributed by atoms with E-state index in [9.17, 15) is 9.18 Å². The van der Waals surface area contributed by atoms with Gasteiger partial charge in [0.25, 0.3) is 0 Å². The van der Waals surface area contributed by atoms with E-state index in [0.717, 1.165) is 5.56 Å². The van der Waals surface area contributed by atoms with Crippen LogP contribution >= 0.6 is 0 Å². The summed E-state index contributed by atoms with van der Waals surface area (Å²) in [6.07, 6.45) is 1.19. The van der Waals surface area contributed by atoms with E-state index in [1.165, 1.54) is 11.0 Å². The van der Waals surface area contributed by atoms with E-state index in [4.69, 9.17) is 0 Å². The molecule has 0 unspecified atom stereocenters. The first-order valence-corrected chi connectivity index (χ1v) is 4.15. The summed E-state index contributed by atoms with van der Waals surface area (Å²) in [5.41, 5.74) is 1.66. The lowest BCUT2D eigenvalue weighted by Gasteiger charge is -2.25. The number of fused-ring (bicyclic) bond motifs is 1. The Kier molecular flexibility index (Phi) is 1.79. The summed E-state index contributed by atoms with van der Waals surface area (Å²) >= 11 is 0. The van der Waals surface area contributed by atoms with Crippen molar-refractivity contribution >= 4 is 11.6 Å². The summed E-state index contributed by atoms with van der Waals surface area (Å²) in [7, 11) is 1.67. The molecular weight excluding hydrogens is 169 g/mol. The van der Waals surface area contributed by atoms with Gasteiger partial charge < -0.3 is 4.90 Å². The van der Waals surface area contributed by atoms with Crippen molar-refractivity contribution < 1.29 is 9.18 Å². The van der Waals surface area contributed by atoms with Crippen molar-refractivity contribution in [3.63, 3.8) is 0 Å². The minimum Gasteiger partial charge on any atom is -0.315 e. The molecule has 1 radical (unpaired) electrons. The van der Waals surface area contributed by atoms with Gasteiger partial charge in [0.15, 0.2) is 0 Å². The molecule has 0 bridgehead atoms. The number of benzene rings is 1. The number of anilines is 1. The monoisotopic (exact) mass is 178 g/mol. The van der Waals surface area contributed by atoms with Gasteiger partial charge in [0.2, 0.25) is 5.91 Å². The van der Waals surface area contributed by atoms with Crippen molar-refractivity contribution in [1.82, 2.24) is 0 Å². The van der Waals surface area contributed by atoms with Crippen LogP contribution in [0.1, 0.15) is 12.0 Å². The molecule has 3 heteroatoms. The van der Waals surface area contributed by atoms with E-state index in [1.807, 2.05) is 0 Å². The average Bonchev–Trinajstić information content (AvgIpc) is 2.12. The van der Waals surface area contributed by atoms with Gasteiger partial charge in [0.1, 0.15) is 5.82 Å². The Morgan fingerprint density at radius 1 is 1.54 bits per heavy atom. The van der Waals surface area contributed by atoms with Gasteiger partial charge >= 0.3 is 0 Å². The number of aryl methyl sites for hydroxylation is 1. The maximum absolute atomic E-state index is 12.8. The van der Waals surface area contributed by atoms with E-state index in [-0.39, 0.29) is 5.91 Å². The third-order valence-corrected chi connectivity index (χ3v) is 2.32. The highest BCUT2D eigenvalue weighted by molar-refractivity contribution is 5.95. The third-order valence-electron chi connectivity index (χ3n) is 2.32. The number of amides is 1. The van der Waals surface area contributed by atoms with Gasteiger partial charge in [-0.1, -0.05) is 0 Å². The zero-order chi connectivity index (χ0) is 9.42. The van der Waals surface area contributed by atoms with Gasteiger partial charge in [-0.15, -0.1) is 0 Å². The first-order valence-electron chi connectivity index (χ1n) is 4.15. The lowest BCUT2D eigenvalue weighted by molar-refractivity contribution is -0.118. The minimum absolute atomic E-state index is 0.0399. The highest BCUT2D eigenvalue weighted by atomic mass is 19.1. The van der Waals surface area contributed by atoms with Gasteiger partial charge in [-0.3, -0.25) is 4.79 Å². The summed E-state index contributed by atoms with van der Waals surface area (Å²) in [5.74, 6) is -0.376. The Morgan fingerprint density at radius 2 is 2.31 bits per heavy atom. The van der Waals surface area contributed by atoms with Gasteiger partial charge in [-0.05, 0) is 24.1 Å². The second-order valence-corrected chi connectivity index (χ2v) is 3.14. The molecule has 13 heavy (non-hydrogen) atoms. The van der Waals surface area contributed by atoms with Crippen LogP contribution in [0.25, 0.3) is 0 Å². The molecule has 1 aliphatic rings. The van der Waals surface area contributed by atoms with Crippen molar-refractivity contribution in [2.45, 2.75) is 12.8 Å². The topological polar surface area (TPSA) is 20.3 Å². The predicted octanol–water partition coefficient (Wildman–Crippen LogP) is 1.53. The standard InChI is InChI=1S/C10H9FNO/c1-12-9-6-8(11)4-2-7(9)3-5-10(12)13/h2,6H,3,5H2,1H3. The molecule has 0 saturated heterocycles. The van der Waals surface area contributed by atoms with Crippen LogP contribution in [0, 0.1) is 11.9 Å². The van der Waals surface area contributed by atoms with Crippen molar-refractivity contribution in [3.05, 3.63) is 29.6 Å². The van der Waals surface area contributed by atoms with Crippen molar-refractivity contribution in [1.29, 1.82) is 0 Å². The fraction of sp³-hybridized carbons (Fsp3) is 0.300. The summed E-state index contributed by atoms with van der Waals surface area (Å²) in [4.78, 5) is 12.8. The van der Waals surface area contributed by atoms with Crippen LogP contribution in [0.4, 0.5) is 10.1 Å². The number of rotatable bonds is 0. The molecule has 1 aliphatic heterocycles. The van der Waals surface area contributed by atoms with Crippen molar-refractivity contribution in [2.24, 2.45) is 0 Å². The fourth-order valence-corrected chi connectivity index (χ4v) is 1.54. The van der Waals surface area contributed by atoms with Crippen LogP contribution in [0.5, 0.6) is 0 Å². The summed E-state index contributed by atoms with van der Waals surface area (Å²) in [6, 6.07) is 5.46. The smallest absolute Gasteiger partial charge is 0.227 e. The average molecular weight is 178 g/mol. The second-order valence-electron chi connectivity index (χ2n) is 3.14. The van der Waals surface area contributed by atoms with Crippen LogP contribution in [0.3, 0.4) is 0 Å². The van der Waals surface area contributed by atoms with Crippen molar-refractivity contribution in [2.75, 3.05) is 11.9 Å². The molecule has 67 valence electrons. The van der Waals surface area contributed by atoms with Crippen LogP contribution in [-0.4, -0.2) is 13.0 Å². The minimum atomic E-state index is -0.416. The SMILES string of the molecule is CN1C(=O)CCc2c[c]c(F)cc21. The van der Waals surface area contributed by atoms with E-state index in [1.54, 1.807) is 13.1 Å². The molecule has 0 fully saturated rings. The molecule has 1 aromatic carbocycles. The Labute approximate surface area is 76.0 Å². The van der Waals surface area contributed by atoms with E-state index in [2.05, 4.69) is 6.07 Å². The molecular formula is C10H9FNO. The maximum Gasteiger partial charge on any atom is 0.227 e. The first-order chi connectivity index (χ1) is 6.18.